The van der Waals surface area contributed by atoms with Crippen LogP contribution >= 0.6 is 12.4 Å². The molecule has 0 atom stereocenters. The van der Waals surface area contributed by atoms with E-state index in [2.05, 4.69) is 39.0 Å². The second kappa shape index (κ2) is 6.74. The molecule has 3 N–H and O–H groups in total. The van der Waals surface area contributed by atoms with Crippen LogP contribution in [0.25, 0.3) is 0 Å². The maximum absolute atomic E-state index is 12.0. The summed E-state index contributed by atoms with van der Waals surface area (Å²) in [5.41, 5.74) is 5.21. The Bertz CT molecular complexity index is 638. The van der Waals surface area contributed by atoms with Gasteiger partial charge in [-0.25, -0.2) is 0 Å². The van der Waals surface area contributed by atoms with E-state index in [1.54, 1.807) is 6.07 Å². The number of carbonyl (C=O) groups excluding carboxylic acids is 1. The van der Waals surface area contributed by atoms with Crippen LogP contribution in [-0.2, 0) is 26.1 Å². The molecule has 0 saturated carbocycles. The number of carbonyl (C=O) groups is 1. The minimum atomic E-state index is -0.139. The Labute approximate surface area is 129 Å². The molecule has 0 fully saturated rings. The van der Waals surface area contributed by atoms with E-state index in [1.807, 2.05) is 6.92 Å². The quantitative estimate of drug-likeness (QED) is 0.808. The molecule has 0 saturated heterocycles. The van der Waals surface area contributed by atoms with Crippen LogP contribution in [0.3, 0.4) is 0 Å². The Kier molecular flexibility index (Phi) is 4.98. The van der Waals surface area contributed by atoms with Crippen molar-refractivity contribution in [2.45, 2.75) is 33.0 Å². The lowest BCUT2D eigenvalue weighted by Gasteiger charge is -2.05. The number of rotatable bonds is 4. The third kappa shape index (κ3) is 3.43. The van der Waals surface area contributed by atoms with Gasteiger partial charge in [-0.05, 0) is 29.2 Å². The number of nitrogens with zero attached hydrogens (tertiary/aromatic N) is 1. The molecule has 1 aromatic carbocycles. The molecule has 3 rings (SSSR count). The van der Waals surface area contributed by atoms with Crippen molar-refractivity contribution in [1.82, 2.24) is 20.8 Å². The monoisotopic (exact) mass is 306 g/mol. The van der Waals surface area contributed by atoms with Crippen molar-refractivity contribution in [3.05, 3.63) is 52.3 Å². The number of fused-ring (bicyclic) bond motifs is 1. The molecule has 0 spiro atoms. The highest BCUT2D eigenvalue weighted by atomic mass is 35.5. The Morgan fingerprint density at radius 1 is 1.29 bits per heavy atom. The number of hydrogen-bond donors (Lipinski definition) is 3. The van der Waals surface area contributed by atoms with Crippen LogP contribution in [0, 0.1) is 0 Å². The summed E-state index contributed by atoms with van der Waals surface area (Å²) in [6.07, 6.45) is 0.845. The largest absolute Gasteiger partial charge is 0.347 e. The Morgan fingerprint density at radius 2 is 2.10 bits per heavy atom. The smallest absolute Gasteiger partial charge is 0.272 e. The van der Waals surface area contributed by atoms with Gasteiger partial charge in [-0.3, -0.25) is 9.89 Å². The summed E-state index contributed by atoms with van der Waals surface area (Å²) >= 11 is 0. The lowest BCUT2D eigenvalue weighted by atomic mass is 10.1. The molecule has 0 unspecified atom stereocenters. The number of aryl methyl sites for hydroxylation is 1. The lowest BCUT2D eigenvalue weighted by Crippen LogP contribution is -2.23. The molecule has 2 aromatic rings. The zero-order chi connectivity index (χ0) is 13.9. The third-order valence-corrected chi connectivity index (χ3v) is 3.60. The number of amides is 1. The minimum Gasteiger partial charge on any atom is -0.347 e. The zero-order valence-electron chi connectivity index (χ0n) is 11.9. The zero-order valence-corrected chi connectivity index (χ0v) is 12.7. The number of hydrogen-bond acceptors (Lipinski definition) is 3. The Balaban J connectivity index is 0.00000161. The highest BCUT2D eigenvalue weighted by Gasteiger charge is 2.12. The molecule has 6 heteroatoms. The van der Waals surface area contributed by atoms with Gasteiger partial charge < -0.3 is 10.6 Å². The molecule has 2 heterocycles. The summed E-state index contributed by atoms with van der Waals surface area (Å²) in [6.45, 7) is 4.40. The second-order valence-corrected chi connectivity index (χ2v) is 5.02. The van der Waals surface area contributed by atoms with E-state index in [0.29, 0.717) is 12.2 Å². The Morgan fingerprint density at radius 3 is 2.86 bits per heavy atom. The number of aromatic amines is 1. The van der Waals surface area contributed by atoms with E-state index in [0.717, 1.165) is 30.8 Å². The fourth-order valence-corrected chi connectivity index (χ4v) is 2.39. The maximum Gasteiger partial charge on any atom is 0.272 e. The summed E-state index contributed by atoms with van der Waals surface area (Å²) in [7, 11) is 0. The summed E-state index contributed by atoms with van der Waals surface area (Å²) in [6, 6.07) is 8.13. The van der Waals surface area contributed by atoms with Crippen LogP contribution in [0.2, 0.25) is 0 Å². The first-order valence-corrected chi connectivity index (χ1v) is 6.90. The van der Waals surface area contributed by atoms with Crippen molar-refractivity contribution >= 4 is 18.3 Å². The van der Waals surface area contributed by atoms with Crippen LogP contribution in [0.5, 0.6) is 0 Å². The molecule has 0 aliphatic carbocycles. The molecule has 1 amide bonds. The van der Waals surface area contributed by atoms with E-state index < -0.39 is 0 Å². The van der Waals surface area contributed by atoms with Gasteiger partial charge in [0.25, 0.3) is 5.91 Å². The number of halogens is 1. The van der Waals surface area contributed by atoms with Gasteiger partial charge >= 0.3 is 0 Å². The fraction of sp³-hybridized carbons (Fsp3) is 0.333. The second-order valence-electron chi connectivity index (χ2n) is 5.02. The molecule has 0 radical (unpaired) electrons. The van der Waals surface area contributed by atoms with Crippen molar-refractivity contribution in [3.8, 4) is 0 Å². The van der Waals surface area contributed by atoms with Crippen LogP contribution in [0.4, 0.5) is 0 Å². The van der Waals surface area contributed by atoms with Crippen molar-refractivity contribution < 1.29 is 4.79 Å². The van der Waals surface area contributed by atoms with Crippen molar-refractivity contribution in [1.29, 1.82) is 0 Å². The van der Waals surface area contributed by atoms with E-state index in [-0.39, 0.29) is 18.3 Å². The standard InChI is InChI=1S/C15H18N4O.ClH/c1-2-13-6-14(19-18-13)15(20)17-7-10-3-4-11-8-16-9-12(11)5-10;/h3-6,16H,2,7-9H2,1H3,(H,17,20)(H,18,19);1H. The van der Waals surface area contributed by atoms with Gasteiger partial charge in [-0.15, -0.1) is 12.4 Å². The molecule has 1 aliphatic rings. The van der Waals surface area contributed by atoms with Crippen LogP contribution in [0.1, 0.15) is 39.8 Å². The number of benzene rings is 1. The molecule has 1 aromatic heterocycles. The summed E-state index contributed by atoms with van der Waals surface area (Å²) < 4.78 is 0. The van der Waals surface area contributed by atoms with Crippen molar-refractivity contribution in [3.63, 3.8) is 0 Å². The van der Waals surface area contributed by atoms with Gasteiger partial charge in [0.1, 0.15) is 5.69 Å². The third-order valence-electron chi connectivity index (χ3n) is 3.60. The molecule has 1 aliphatic heterocycles. The lowest BCUT2D eigenvalue weighted by molar-refractivity contribution is 0.0946. The van der Waals surface area contributed by atoms with E-state index in [4.69, 9.17) is 0 Å². The van der Waals surface area contributed by atoms with Gasteiger partial charge in [-0.2, -0.15) is 5.10 Å². The number of nitrogens with one attached hydrogen (secondary N) is 3. The normalized spacial score (nSPS) is 12.6. The predicted molar refractivity (Wildman–Crippen MR) is 83.4 cm³/mol. The first-order valence-electron chi connectivity index (χ1n) is 6.90. The van der Waals surface area contributed by atoms with Gasteiger partial charge in [0.2, 0.25) is 0 Å². The Hall–Kier alpha value is -1.85. The topological polar surface area (TPSA) is 69.8 Å². The average Bonchev–Trinajstić information content (AvgIpc) is 3.12. The molecule has 0 bridgehead atoms. The highest BCUT2D eigenvalue weighted by molar-refractivity contribution is 5.92. The highest BCUT2D eigenvalue weighted by Crippen LogP contribution is 2.16. The average molecular weight is 307 g/mol. The minimum absolute atomic E-state index is 0. The summed E-state index contributed by atoms with van der Waals surface area (Å²) in [5.74, 6) is -0.139. The van der Waals surface area contributed by atoms with E-state index in [9.17, 15) is 4.79 Å². The predicted octanol–water partition coefficient (Wildman–Crippen LogP) is 1.93. The summed E-state index contributed by atoms with van der Waals surface area (Å²) in [5, 5.41) is 13.1. The first-order chi connectivity index (χ1) is 9.76. The number of H-pyrrole nitrogens is 1. The molecule has 112 valence electrons. The molecule has 21 heavy (non-hydrogen) atoms. The molecule has 5 nitrogen and oxygen atoms in total. The summed E-state index contributed by atoms with van der Waals surface area (Å²) in [4.78, 5) is 12.0. The maximum atomic E-state index is 12.0. The molecular formula is C15H19ClN4O. The van der Waals surface area contributed by atoms with Gasteiger partial charge in [0.05, 0.1) is 0 Å². The van der Waals surface area contributed by atoms with E-state index in [1.165, 1.54) is 11.1 Å². The van der Waals surface area contributed by atoms with Crippen LogP contribution in [-0.4, -0.2) is 16.1 Å². The van der Waals surface area contributed by atoms with Gasteiger partial charge in [0.15, 0.2) is 0 Å². The SMILES string of the molecule is CCc1cc(C(=O)NCc2ccc3c(c2)CNC3)n[nH]1.Cl. The van der Waals surface area contributed by atoms with Crippen LogP contribution < -0.4 is 10.6 Å². The number of aromatic nitrogens is 2. The fourth-order valence-electron chi connectivity index (χ4n) is 2.39. The molecular weight excluding hydrogens is 288 g/mol. The van der Waals surface area contributed by atoms with Gasteiger partial charge in [0, 0.05) is 25.3 Å². The van der Waals surface area contributed by atoms with E-state index >= 15 is 0 Å². The van der Waals surface area contributed by atoms with Crippen molar-refractivity contribution in [2.75, 3.05) is 0 Å². The van der Waals surface area contributed by atoms with Gasteiger partial charge in [-0.1, -0.05) is 25.1 Å². The first kappa shape index (κ1) is 15.5. The van der Waals surface area contributed by atoms with Crippen LogP contribution in [0.15, 0.2) is 24.3 Å². The van der Waals surface area contributed by atoms with Crippen molar-refractivity contribution in [2.24, 2.45) is 0 Å².